The van der Waals surface area contributed by atoms with Crippen LogP contribution in [0.15, 0.2) is 40.4 Å². The van der Waals surface area contributed by atoms with Crippen LogP contribution in [-0.4, -0.2) is 72.8 Å². The van der Waals surface area contributed by atoms with Crippen LogP contribution < -0.4 is 15.8 Å². The molecular formula is C36H46BrFN2O8. The van der Waals surface area contributed by atoms with Crippen LogP contribution >= 0.6 is 15.9 Å². The van der Waals surface area contributed by atoms with Crippen molar-refractivity contribution in [2.24, 2.45) is 40.2 Å². The van der Waals surface area contributed by atoms with Gasteiger partial charge in [0.2, 0.25) is 11.7 Å². The molecule has 0 saturated heterocycles. The number of allylic oxidation sites excluding steroid dienone is 4. The first-order valence-electron chi connectivity index (χ1n) is 16.4. The van der Waals surface area contributed by atoms with Crippen molar-refractivity contribution >= 4 is 45.1 Å². The molecule has 1 aromatic rings. The number of ether oxygens (including phenoxy) is 3. The lowest BCUT2D eigenvalue weighted by Gasteiger charge is -2.63. The first-order chi connectivity index (χ1) is 22.4. The largest absolute Gasteiger partial charge is 0.497 e. The Labute approximate surface area is 289 Å². The molecule has 0 spiro atoms. The number of aliphatic hydroxyl groups is 1. The average Bonchev–Trinajstić information content (AvgIpc) is 3.25. The number of aliphatic hydroxyl groups excluding tert-OH is 1. The van der Waals surface area contributed by atoms with Crippen molar-refractivity contribution in [3.63, 3.8) is 0 Å². The molecule has 0 aliphatic heterocycles. The van der Waals surface area contributed by atoms with Gasteiger partial charge in [0.15, 0.2) is 18.1 Å². The topological polar surface area (TPSA) is 154 Å². The molecule has 1 unspecified atom stereocenters. The van der Waals surface area contributed by atoms with Gasteiger partial charge in [0.05, 0.1) is 30.5 Å². The molecule has 12 heteroatoms. The highest BCUT2D eigenvalue weighted by Crippen LogP contribution is 2.71. The average molecular weight is 734 g/mol. The van der Waals surface area contributed by atoms with Crippen LogP contribution in [0.5, 0.6) is 5.75 Å². The van der Waals surface area contributed by atoms with E-state index >= 15 is 4.39 Å². The minimum absolute atomic E-state index is 0.0310. The summed E-state index contributed by atoms with van der Waals surface area (Å²) in [6.45, 7) is 8.42. The molecule has 3 saturated carbocycles. The van der Waals surface area contributed by atoms with Crippen LogP contribution in [-0.2, 0) is 23.9 Å². The molecule has 5 rings (SSSR count). The highest BCUT2D eigenvalue weighted by Gasteiger charge is 2.76. The number of carbonyl (C=O) groups is 4. The molecule has 0 aromatic heterocycles. The lowest BCUT2D eigenvalue weighted by Crippen LogP contribution is -2.69. The van der Waals surface area contributed by atoms with Gasteiger partial charge in [0, 0.05) is 34.4 Å². The fraction of sp³-hybridized carbons (Fsp3) is 0.611. The number of hydrogen-bond donors (Lipinski definition) is 3. The van der Waals surface area contributed by atoms with E-state index in [4.69, 9.17) is 19.9 Å². The lowest BCUT2D eigenvalue weighted by molar-refractivity contribution is -0.224. The molecule has 48 heavy (non-hydrogen) atoms. The van der Waals surface area contributed by atoms with Crippen molar-refractivity contribution < 1.29 is 42.9 Å². The van der Waals surface area contributed by atoms with E-state index in [9.17, 15) is 24.3 Å². The molecule has 10 nitrogen and oxygen atoms in total. The first kappa shape index (κ1) is 36.4. The highest BCUT2D eigenvalue weighted by atomic mass is 79.9. The van der Waals surface area contributed by atoms with Gasteiger partial charge >= 0.3 is 5.97 Å². The van der Waals surface area contributed by atoms with Gasteiger partial charge in [-0.15, -0.1) is 0 Å². The quantitative estimate of drug-likeness (QED) is 0.294. The number of fused-ring (bicyclic) bond motifs is 5. The standard InChI is InChI=1S/C36H46BrFN2O8/c1-18(2)30(39)31(44)40-26-15-22(46-6)14-25(37)29(26)32(45)48-17-28(43)36(47-7)19(3)12-24-23-9-8-20-13-21(41)10-11-33(20,4)35(23,38)27(42)16-34(24,36)5/h10-11,13-15,18-19,23-24,27,30,42H,8-9,12,16-17,39H2,1-7H3,(H,40,44)/t19-,23+,24?,27+,30+,33+,34+,35+,36+/m1/s1. The van der Waals surface area contributed by atoms with Crippen LogP contribution in [0, 0.1) is 34.5 Å². The number of nitrogens with two attached hydrogens (primary N) is 1. The Morgan fingerprint density at radius 2 is 1.88 bits per heavy atom. The Hall–Kier alpha value is -2.93. The Kier molecular flexibility index (Phi) is 9.66. The zero-order chi connectivity index (χ0) is 35.6. The molecule has 0 heterocycles. The fourth-order valence-corrected chi connectivity index (χ4v) is 10.1. The molecule has 1 aromatic carbocycles. The minimum Gasteiger partial charge on any atom is -0.497 e. The third-order valence-electron chi connectivity index (χ3n) is 12.0. The van der Waals surface area contributed by atoms with Crippen molar-refractivity contribution in [3.8, 4) is 5.75 Å². The number of amides is 1. The van der Waals surface area contributed by atoms with Gasteiger partial charge in [-0.2, -0.15) is 0 Å². The third kappa shape index (κ3) is 5.20. The van der Waals surface area contributed by atoms with E-state index in [-0.39, 0.29) is 39.8 Å². The SMILES string of the molecule is COc1cc(Br)c(C(=O)OCC(=O)[C@@]2(OC)[C@H](C)CC3[C@@H]4CCC5=CC(=O)C=C[C@]5(C)[C@@]4(F)[C@@H](O)C[C@@]32C)c(NC(=O)[C@@H](N)C(C)C)c1. The Morgan fingerprint density at radius 3 is 2.50 bits per heavy atom. The first-order valence-corrected chi connectivity index (χ1v) is 17.2. The molecular weight excluding hydrogens is 687 g/mol. The summed E-state index contributed by atoms with van der Waals surface area (Å²) in [5.74, 6) is -3.25. The maximum atomic E-state index is 17.6. The Balaban J connectivity index is 1.43. The van der Waals surface area contributed by atoms with E-state index < -0.39 is 70.3 Å². The molecule has 0 bridgehead atoms. The summed E-state index contributed by atoms with van der Waals surface area (Å²) in [7, 11) is 2.87. The van der Waals surface area contributed by atoms with Crippen LogP contribution in [0.25, 0.3) is 0 Å². The molecule has 4 aliphatic rings. The molecule has 1 amide bonds. The van der Waals surface area contributed by atoms with Crippen LogP contribution in [0.1, 0.15) is 70.7 Å². The zero-order valence-corrected chi connectivity index (χ0v) is 30.1. The normalized spacial score (nSPS) is 36.0. The van der Waals surface area contributed by atoms with E-state index in [1.807, 2.05) is 13.8 Å². The van der Waals surface area contributed by atoms with Crippen molar-refractivity contribution in [1.82, 2.24) is 0 Å². The van der Waals surface area contributed by atoms with Crippen molar-refractivity contribution in [1.29, 1.82) is 0 Å². The predicted molar refractivity (Wildman–Crippen MR) is 180 cm³/mol. The zero-order valence-electron chi connectivity index (χ0n) is 28.5. The van der Waals surface area contributed by atoms with Crippen molar-refractivity contribution in [2.75, 3.05) is 26.1 Å². The number of alkyl halides is 1. The minimum atomic E-state index is -2.06. The van der Waals surface area contributed by atoms with E-state index in [1.54, 1.807) is 26.8 Å². The van der Waals surface area contributed by atoms with Gasteiger partial charge in [-0.05, 0) is 84.5 Å². The van der Waals surface area contributed by atoms with E-state index in [0.29, 0.717) is 30.6 Å². The van der Waals surface area contributed by atoms with Crippen LogP contribution in [0.4, 0.5) is 10.1 Å². The number of esters is 1. The molecule has 3 fully saturated rings. The number of ketones is 2. The summed E-state index contributed by atoms with van der Waals surface area (Å²) in [4.78, 5) is 53.0. The summed E-state index contributed by atoms with van der Waals surface area (Å²) < 4.78 is 34.9. The smallest absolute Gasteiger partial charge is 0.341 e. The molecule has 0 radical (unpaired) electrons. The predicted octanol–water partition coefficient (Wildman–Crippen LogP) is 5.11. The summed E-state index contributed by atoms with van der Waals surface area (Å²) >= 11 is 3.37. The second-order valence-electron chi connectivity index (χ2n) is 14.6. The van der Waals surface area contributed by atoms with Gasteiger partial charge in [-0.3, -0.25) is 14.4 Å². The van der Waals surface area contributed by atoms with Gasteiger partial charge in [-0.25, -0.2) is 9.18 Å². The second-order valence-corrected chi connectivity index (χ2v) is 15.5. The van der Waals surface area contributed by atoms with Crippen molar-refractivity contribution in [3.05, 3.63) is 46.0 Å². The lowest BCUT2D eigenvalue weighted by atomic mass is 9.44. The second kappa shape index (κ2) is 12.8. The van der Waals surface area contributed by atoms with Crippen LogP contribution in [0.3, 0.4) is 0 Å². The van der Waals surface area contributed by atoms with Crippen LogP contribution in [0.2, 0.25) is 0 Å². The van der Waals surface area contributed by atoms with Gasteiger partial charge < -0.3 is 30.4 Å². The summed E-state index contributed by atoms with van der Waals surface area (Å²) in [5, 5.41) is 14.4. The van der Waals surface area contributed by atoms with E-state index in [0.717, 1.165) is 0 Å². The molecule has 9 atom stereocenters. The number of hydrogen-bond acceptors (Lipinski definition) is 9. The highest BCUT2D eigenvalue weighted by molar-refractivity contribution is 9.10. The number of methoxy groups -OCH3 is 2. The fourth-order valence-electron chi connectivity index (χ4n) is 9.51. The summed E-state index contributed by atoms with van der Waals surface area (Å²) in [5.41, 5.74) is 1.06. The maximum absolute atomic E-state index is 17.6. The monoisotopic (exact) mass is 732 g/mol. The number of benzene rings is 1. The number of nitrogens with one attached hydrogen (secondary N) is 1. The van der Waals surface area contributed by atoms with Gasteiger partial charge in [0.25, 0.3) is 0 Å². The Bertz CT molecular complexity index is 1600. The molecule has 4 N–H and O–H groups in total. The number of carbonyl (C=O) groups excluding carboxylic acids is 4. The molecule has 4 aliphatic carbocycles. The molecule has 262 valence electrons. The number of halogens is 2. The van der Waals surface area contributed by atoms with E-state index in [2.05, 4.69) is 21.2 Å². The van der Waals surface area contributed by atoms with Gasteiger partial charge in [0.1, 0.15) is 11.4 Å². The summed E-state index contributed by atoms with van der Waals surface area (Å²) in [6.07, 6.45) is 4.31. The number of anilines is 1. The maximum Gasteiger partial charge on any atom is 0.341 e. The third-order valence-corrected chi connectivity index (χ3v) is 12.7. The Morgan fingerprint density at radius 1 is 1.19 bits per heavy atom. The van der Waals surface area contributed by atoms with E-state index in [1.165, 1.54) is 38.5 Å². The number of rotatable bonds is 9. The van der Waals surface area contributed by atoms with Crippen molar-refractivity contribution in [2.45, 2.75) is 83.7 Å². The van der Waals surface area contributed by atoms with Gasteiger partial charge in [-0.1, -0.05) is 39.3 Å². The number of Topliss-reactive ketones (excluding diaryl/α,β-unsaturated/α-hetero) is 1. The summed E-state index contributed by atoms with van der Waals surface area (Å²) in [6, 6.07) is 2.15.